The number of nitrogens with two attached hydrogens (primary N) is 1. The molecule has 0 aliphatic carbocycles. The number of nitrogens with zero attached hydrogens (tertiary/aromatic N) is 1. The van der Waals surface area contributed by atoms with Crippen LogP contribution < -0.4 is 5.73 Å². The average molecular weight is 276 g/mol. The molecule has 0 amide bonds. The third kappa shape index (κ3) is 3.58. The number of esters is 1. The fourth-order valence-corrected chi connectivity index (χ4v) is 3.02. The molecule has 0 saturated carbocycles. The lowest BCUT2D eigenvalue weighted by Gasteiger charge is -2.26. The van der Waals surface area contributed by atoms with E-state index in [9.17, 15) is 4.79 Å². The second-order valence-corrected chi connectivity index (χ2v) is 6.33. The fourth-order valence-electron chi connectivity index (χ4n) is 3.02. The van der Waals surface area contributed by atoms with E-state index in [0.29, 0.717) is 6.54 Å². The molecular formula is C16H24N2O2. The summed E-state index contributed by atoms with van der Waals surface area (Å²) in [4.78, 5) is 14.3. The molecular weight excluding hydrogens is 252 g/mol. The molecule has 0 unspecified atom stereocenters. The maximum atomic E-state index is 12.0. The van der Waals surface area contributed by atoms with Crippen molar-refractivity contribution in [2.75, 3.05) is 26.7 Å². The zero-order valence-corrected chi connectivity index (χ0v) is 12.5. The van der Waals surface area contributed by atoms with Crippen LogP contribution in [0.25, 0.3) is 0 Å². The van der Waals surface area contributed by atoms with Gasteiger partial charge in [-0.2, -0.15) is 0 Å². The lowest BCUT2D eigenvalue weighted by molar-refractivity contribution is -0.145. The molecule has 0 radical (unpaired) electrons. The van der Waals surface area contributed by atoms with Crippen LogP contribution in [0.2, 0.25) is 0 Å². The summed E-state index contributed by atoms with van der Waals surface area (Å²) in [6.45, 7) is 6.37. The minimum atomic E-state index is -0.258. The van der Waals surface area contributed by atoms with Crippen LogP contribution >= 0.6 is 0 Å². The van der Waals surface area contributed by atoms with Gasteiger partial charge in [-0.15, -0.1) is 0 Å². The molecule has 2 rings (SSSR count). The molecule has 4 nitrogen and oxygen atoms in total. The minimum absolute atomic E-state index is 0.107. The molecule has 1 aromatic carbocycles. The van der Waals surface area contributed by atoms with Gasteiger partial charge in [0.1, 0.15) is 0 Å². The number of carbonyl (C=O) groups excluding carboxylic acids is 1. The van der Waals surface area contributed by atoms with E-state index in [1.54, 1.807) is 0 Å². The van der Waals surface area contributed by atoms with Crippen LogP contribution in [-0.4, -0.2) is 43.2 Å². The molecule has 2 N–H and O–H groups in total. The molecule has 2 atom stereocenters. The molecule has 1 aliphatic heterocycles. The highest BCUT2D eigenvalue weighted by Gasteiger charge is 2.40. The number of likely N-dealkylation sites (tertiary alicyclic amines) is 1. The Morgan fingerprint density at radius 1 is 1.35 bits per heavy atom. The smallest absolute Gasteiger partial charge is 0.310 e. The molecule has 0 spiro atoms. The van der Waals surface area contributed by atoms with E-state index in [1.165, 1.54) is 12.7 Å². The Bertz CT molecular complexity index is 453. The zero-order chi connectivity index (χ0) is 14.8. The first-order chi connectivity index (χ1) is 9.40. The molecule has 20 heavy (non-hydrogen) atoms. The van der Waals surface area contributed by atoms with Gasteiger partial charge in [0.15, 0.2) is 0 Å². The lowest BCUT2D eigenvalue weighted by atomic mass is 9.89. The molecule has 110 valence electrons. The standard InChI is InChI=1S/C16H24N2O2/c1-16(2,17)11-18-9-13(12-7-5-4-6-8-12)14(10-18)15(19)20-3/h4-8,13-14H,9-11,17H2,1-3H3/t13-,14+/m0/s1. The number of hydrogen-bond acceptors (Lipinski definition) is 4. The van der Waals surface area contributed by atoms with Crippen LogP contribution in [0.5, 0.6) is 0 Å². The van der Waals surface area contributed by atoms with Crippen molar-refractivity contribution in [3.8, 4) is 0 Å². The van der Waals surface area contributed by atoms with Crippen LogP contribution in [0.1, 0.15) is 25.3 Å². The zero-order valence-electron chi connectivity index (χ0n) is 12.5. The Kier molecular flexibility index (Phi) is 4.45. The fraction of sp³-hybridized carbons (Fsp3) is 0.562. The number of carbonyl (C=O) groups is 1. The number of benzene rings is 1. The Morgan fingerprint density at radius 3 is 2.55 bits per heavy atom. The Hall–Kier alpha value is -1.39. The first kappa shape index (κ1) is 15.0. The maximum absolute atomic E-state index is 12.0. The van der Waals surface area contributed by atoms with Crippen LogP contribution in [0, 0.1) is 5.92 Å². The normalized spacial score (nSPS) is 23.8. The van der Waals surface area contributed by atoms with E-state index in [4.69, 9.17) is 10.5 Å². The predicted molar refractivity (Wildman–Crippen MR) is 79.4 cm³/mol. The Labute approximate surface area is 120 Å². The van der Waals surface area contributed by atoms with Crippen molar-refractivity contribution in [1.29, 1.82) is 0 Å². The summed E-state index contributed by atoms with van der Waals surface area (Å²) in [6.07, 6.45) is 0. The van der Waals surface area contributed by atoms with Crippen molar-refractivity contribution < 1.29 is 9.53 Å². The number of ether oxygens (including phenoxy) is 1. The van der Waals surface area contributed by atoms with Gasteiger partial charge in [0.2, 0.25) is 0 Å². The highest BCUT2D eigenvalue weighted by atomic mass is 16.5. The van der Waals surface area contributed by atoms with Gasteiger partial charge in [0.25, 0.3) is 0 Å². The lowest BCUT2D eigenvalue weighted by Crippen LogP contribution is -2.44. The Balaban J connectivity index is 2.18. The molecule has 1 heterocycles. The molecule has 0 aromatic heterocycles. The van der Waals surface area contributed by atoms with Crippen molar-refractivity contribution in [3.63, 3.8) is 0 Å². The van der Waals surface area contributed by atoms with Gasteiger partial charge in [-0.05, 0) is 19.4 Å². The van der Waals surface area contributed by atoms with Crippen molar-refractivity contribution in [3.05, 3.63) is 35.9 Å². The van der Waals surface area contributed by atoms with E-state index in [2.05, 4.69) is 17.0 Å². The predicted octanol–water partition coefficient (Wildman–Crippen LogP) is 1.61. The van der Waals surface area contributed by atoms with Gasteiger partial charge < -0.3 is 15.4 Å². The average Bonchev–Trinajstić information content (AvgIpc) is 2.80. The molecule has 1 saturated heterocycles. The largest absolute Gasteiger partial charge is 0.469 e. The molecule has 1 aliphatic rings. The summed E-state index contributed by atoms with van der Waals surface area (Å²) in [7, 11) is 1.46. The number of methoxy groups -OCH3 is 1. The minimum Gasteiger partial charge on any atom is -0.469 e. The third-order valence-corrected chi connectivity index (χ3v) is 3.76. The van der Waals surface area contributed by atoms with Crippen molar-refractivity contribution in [2.45, 2.75) is 25.3 Å². The molecule has 1 aromatic rings. The summed E-state index contributed by atoms with van der Waals surface area (Å²) in [6, 6.07) is 10.2. The van der Waals surface area contributed by atoms with E-state index in [0.717, 1.165) is 13.1 Å². The van der Waals surface area contributed by atoms with Gasteiger partial charge in [-0.1, -0.05) is 30.3 Å². The van der Waals surface area contributed by atoms with Gasteiger partial charge in [-0.3, -0.25) is 4.79 Å². The summed E-state index contributed by atoms with van der Waals surface area (Å²) in [5, 5.41) is 0. The third-order valence-electron chi connectivity index (χ3n) is 3.76. The quantitative estimate of drug-likeness (QED) is 0.849. The summed E-state index contributed by atoms with van der Waals surface area (Å²) in [5.41, 5.74) is 7.03. The van der Waals surface area contributed by atoms with Gasteiger partial charge in [-0.25, -0.2) is 0 Å². The van der Waals surface area contributed by atoms with Crippen LogP contribution in [0.3, 0.4) is 0 Å². The second kappa shape index (κ2) is 5.94. The Morgan fingerprint density at radius 2 is 2.00 bits per heavy atom. The highest BCUT2D eigenvalue weighted by molar-refractivity contribution is 5.74. The highest BCUT2D eigenvalue weighted by Crippen LogP contribution is 2.33. The van der Waals surface area contributed by atoms with Crippen LogP contribution in [-0.2, 0) is 9.53 Å². The summed E-state index contributed by atoms with van der Waals surface area (Å²) < 4.78 is 4.97. The number of hydrogen-bond donors (Lipinski definition) is 1. The number of rotatable bonds is 4. The molecule has 1 fully saturated rings. The van der Waals surface area contributed by atoms with Crippen LogP contribution in [0.15, 0.2) is 30.3 Å². The maximum Gasteiger partial charge on any atom is 0.310 e. The topological polar surface area (TPSA) is 55.6 Å². The van der Waals surface area contributed by atoms with Crippen LogP contribution in [0.4, 0.5) is 0 Å². The summed E-state index contributed by atoms with van der Waals surface area (Å²) >= 11 is 0. The van der Waals surface area contributed by atoms with E-state index in [1.807, 2.05) is 32.0 Å². The monoisotopic (exact) mass is 276 g/mol. The van der Waals surface area contributed by atoms with Gasteiger partial charge in [0, 0.05) is 31.1 Å². The summed E-state index contributed by atoms with van der Waals surface area (Å²) in [5.74, 6) is -0.0491. The van der Waals surface area contributed by atoms with E-state index < -0.39 is 0 Å². The van der Waals surface area contributed by atoms with Gasteiger partial charge >= 0.3 is 5.97 Å². The SMILES string of the molecule is COC(=O)[C@@H]1CN(CC(C)(C)N)C[C@H]1c1ccccc1. The molecule has 0 bridgehead atoms. The van der Waals surface area contributed by atoms with Crippen molar-refractivity contribution in [1.82, 2.24) is 4.90 Å². The van der Waals surface area contributed by atoms with E-state index in [-0.39, 0.29) is 23.3 Å². The van der Waals surface area contributed by atoms with Gasteiger partial charge in [0.05, 0.1) is 13.0 Å². The first-order valence-corrected chi connectivity index (χ1v) is 7.05. The van der Waals surface area contributed by atoms with E-state index >= 15 is 0 Å². The second-order valence-electron chi connectivity index (χ2n) is 6.33. The molecule has 4 heteroatoms. The van der Waals surface area contributed by atoms with Crippen molar-refractivity contribution in [2.24, 2.45) is 11.7 Å². The van der Waals surface area contributed by atoms with Crippen molar-refractivity contribution >= 4 is 5.97 Å². The first-order valence-electron chi connectivity index (χ1n) is 7.05.